The highest BCUT2D eigenvalue weighted by atomic mass is 79.9. The van der Waals surface area contributed by atoms with E-state index in [0.717, 1.165) is 8.99 Å². The lowest BCUT2D eigenvalue weighted by Crippen LogP contribution is -2.38. The molecule has 1 rings (SSSR count). The molecule has 0 spiro atoms. The molecule has 0 aliphatic rings. The van der Waals surface area contributed by atoms with Crippen molar-refractivity contribution in [2.24, 2.45) is 7.05 Å². The third-order valence-corrected chi connectivity index (χ3v) is 5.00. The molecule has 94 valence electrons. The summed E-state index contributed by atoms with van der Waals surface area (Å²) in [6.07, 6.45) is 0. The maximum absolute atomic E-state index is 12.3. The summed E-state index contributed by atoms with van der Waals surface area (Å²) in [7, 11) is -2.30. The highest BCUT2D eigenvalue weighted by molar-refractivity contribution is 9.10. The summed E-state index contributed by atoms with van der Waals surface area (Å²) >= 11 is 3.04. The van der Waals surface area contributed by atoms with Gasteiger partial charge in [0.1, 0.15) is 6.54 Å². The van der Waals surface area contributed by atoms with E-state index in [9.17, 15) is 8.42 Å². The summed E-state index contributed by atoms with van der Waals surface area (Å²) in [6.45, 7) is 3.19. The number of aryl methyl sites for hydroxylation is 1. The van der Waals surface area contributed by atoms with E-state index >= 15 is 0 Å². The van der Waals surface area contributed by atoms with Gasteiger partial charge in [-0.15, -0.1) is 5.10 Å². The van der Waals surface area contributed by atoms with Crippen molar-refractivity contribution in [3.63, 3.8) is 0 Å². The van der Waals surface area contributed by atoms with Gasteiger partial charge in [0.05, 0.1) is 6.07 Å². The van der Waals surface area contributed by atoms with E-state index in [1.165, 1.54) is 7.05 Å². The zero-order valence-corrected chi connectivity index (χ0v) is 12.0. The van der Waals surface area contributed by atoms with Crippen LogP contribution in [0, 0.1) is 11.3 Å². The Morgan fingerprint density at radius 1 is 1.59 bits per heavy atom. The molecule has 0 amide bonds. The van der Waals surface area contributed by atoms with Gasteiger partial charge >= 0.3 is 0 Å². The summed E-state index contributed by atoms with van der Waals surface area (Å²) in [5, 5.41) is 15.9. The number of halogens is 1. The largest absolute Gasteiger partial charge is 0.264 e. The summed E-state index contributed by atoms with van der Waals surface area (Å²) < 4.78 is 27.0. The van der Waals surface area contributed by atoms with Crippen molar-refractivity contribution in [2.75, 3.05) is 6.54 Å². The Morgan fingerprint density at radius 3 is 2.53 bits per heavy atom. The summed E-state index contributed by atoms with van der Waals surface area (Å²) in [4.78, 5) is 0. The van der Waals surface area contributed by atoms with E-state index in [1.807, 2.05) is 6.07 Å². The van der Waals surface area contributed by atoms with Gasteiger partial charge in [-0.2, -0.15) is 9.57 Å². The standard InChI is InChI=1S/C8H12BrN5O2S/c1-6(2)14(5-4-10)17(15,16)8-7(9)11-12-13(8)3/h6H,5H2,1-3H3. The van der Waals surface area contributed by atoms with Crippen molar-refractivity contribution < 1.29 is 8.42 Å². The molecule has 0 N–H and O–H groups in total. The quantitative estimate of drug-likeness (QED) is 0.753. The van der Waals surface area contributed by atoms with Crippen molar-refractivity contribution in [2.45, 2.75) is 24.9 Å². The maximum atomic E-state index is 12.3. The Balaban J connectivity index is 3.32. The lowest BCUT2D eigenvalue weighted by atomic mass is 10.4. The second kappa shape index (κ2) is 5.12. The second-order valence-corrected chi connectivity index (χ2v) is 6.17. The molecule has 0 aliphatic carbocycles. The van der Waals surface area contributed by atoms with Crippen molar-refractivity contribution >= 4 is 26.0 Å². The van der Waals surface area contributed by atoms with Gasteiger partial charge in [-0.1, -0.05) is 5.21 Å². The zero-order valence-electron chi connectivity index (χ0n) is 9.62. The van der Waals surface area contributed by atoms with E-state index in [0.29, 0.717) is 0 Å². The Kier molecular flexibility index (Phi) is 4.24. The smallest absolute Gasteiger partial charge is 0.235 e. The number of nitriles is 1. The fourth-order valence-corrected chi connectivity index (χ4v) is 3.89. The van der Waals surface area contributed by atoms with E-state index in [4.69, 9.17) is 5.26 Å². The molecule has 7 nitrogen and oxygen atoms in total. The first-order valence-electron chi connectivity index (χ1n) is 4.76. The van der Waals surface area contributed by atoms with Crippen molar-refractivity contribution in [1.29, 1.82) is 5.26 Å². The number of hydrogen-bond donors (Lipinski definition) is 0. The van der Waals surface area contributed by atoms with E-state index in [1.54, 1.807) is 13.8 Å². The Hall–Kier alpha value is -0.980. The number of aromatic nitrogens is 3. The van der Waals surface area contributed by atoms with Gasteiger partial charge in [-0.25, -0.2) is 13.1 Å². The van der Waals surface area contributed by atoms with Crippen LogP contribution < -0.4 is 0 Å². The average molecular weight is 322 g/mol. The highest BCUT2D eigenvalue weighted by Crippen LogP contribution is 2.23. The molecule has 0 radical (unpaired) electrons. The maximum Gasteiger partial charge on any atom is 0.264 e. The van der Waals surface area contributed by atoms with Gasteiger partial charge in [-0.3, -0.25) is 0 Å². The molecule has 0 unspecified atom stereocenters. The van der Waals surface area contributed by atoms with Crippen LogP contribution in [0.1, 0.15) is 13.8 Å². The van der Waals surface area contributed by atoms with Crippen LogP contribution in [0.2, 0.25) is 0 Å². The Labute approximate surface area is 108 Å². The average Bonchev–Trinajstić information content (AvgIpc) is 2.54. The van der Waals surface area contributed by atoms with Crippen molar-refractivity contribution in [3.05, 3.63) is 4.60 Å². The van der Waals surface area contributed by atoms with Crippen molar-refractivity contribution in [1.82, 2.24) is 19.3 Å². The minimum Gasteiger partial charge on any atom is -0.235 e. The highest BCUT2D eigenvalue weighted by Gasteiger charge is 2.32. The SMILES string of the molecule is CC(C)N(CC#N)S(=O)(=O)c1c(Br)nnn1C. The van der Waals surface area contributed by atoms with Gasteiger partial charge < -0.3 is 0 Å². The molecule has 0 aliphatic heterocycles. The molecule has 0 fully saturated rings. The van der Waals surface area contributed by atoms with Crippen LogP contribution in [0.25, 0.3) is 0 Å². The lowest BCUT2D eigenvalue weighted by molar-refractivity contribution is 0.380. The zero-order chi connectivity index (χ0) is 13.2. The summed E-state index contributed by atoms with van der Waals surface area (Å²) in [5.41, 5.74) is 0. The lowest BCUT2D eigenvalue weighted by Gasteiger charge is -2.22. The molecule has 1 aromatic heterocycles. The minimum atomic E-state index is -3.78. The molecule has 17 heavy (non-hydrogen) atoms. The van der Waals surface area contributed by atoms with Crippen LogP contribution in [0.15, 0.2) is 9.63 Å². The van der Waals surface area contributed by atoms with Gasteiger partial charge in [0.15, 0.2) is 4.60 Å². The summed E-state index contributed by atoms with van der Waals surface area (Å²) in [6, 6.07) is 1.52. The molecule has 1 aromatic rings. The summed E-state index contributed by atoms with van der Waals surface area (Å²) in [5.74, 6) is 0. The number of sulfonamides is 1. The number of nitrogens with zero attached hydrogens (tertiary/aromatic N) is 5. The van der Waals surface area contributed by atoms with Crippen LogP contribution in [0.4, 0.5) is 0 Å². The number of rotatable bonds is 4. The molecule has 1 heterocycles. The minimum absolute atomic E-state index is 0.0542. The van der Waals surface area contributed by atoms with E-state index < -0.39 is 10.0 Å². The number of hydrogen-bond acceptors (Lipinski definition) is 5. The van der Waals surface area contributed by atoms with Crippen LogP contribution in [0.5, 0.6) is 0 Å². The van der Waals surface area contributed by atoms with Gasteiger partial charge in [0, 0.05) is 13.1 Å². The first-order valence-corrected chi connectivity index (χ1v) is 6.99. The van der Waals surface area contributed by atoms with Gasteiger partial charge in [0.2, 0.25) is 5.03 Å². The molecule has 0 bridgehead atoms. The molecule has 0 aromatic carbocycles. The predicted octanol–water partition coefficient (Wildman–Crippen LogP) is 0.500. The normalized spacial score (nSPS) is 12.1. The molecule has 0 saturated carbocycles. The first-order chi connectivity index (χ1) is 7.82. The topological polar surface area (TPSA) is 91.9 Å². The fourth-order valence-electron chi connectivity index (χ4n) is 1.32. The molecular weight excluding hydrogens is 310 g/mol. The predicted molar refractivity (Wildman–Crippen MR) is 63.3 cm³/mol. The molecule has 0 atom stereocenters. The third-order valence-electron chi connectivity index (χ3n) is 2.09. The van der Waals surface area contributed by atoms with Gasteiger partial charge in [-0.05, 0) is 29.8 Å². The van der Waals surface area contributed by atoms with Crippen molar-refractivity contribution in [3.8, 4) is 6.07 Å². The van der Waals surface area contributed by atoms with Crippen LogP contribution in [-0.2, 0) is 17.1 Å². The first kappa shape index (κ1) is 14.1. The van der Waals surface area contributed by atoms with Gasteiger partial charge in [0.25, 0.3) is 10.0 Å². The molecular formula is C8H12BrN5O2S. The van der Waals surface area contributed by atoms with E-state index in [2.05, 4.69) is 26.2 Å². The fraction of sp³-hybridized carbons (Fsp3) is 0.625. The molecule has 0 saturated heterocycles. The van der Waals surface area contributed by atoms with Crippen LogP contribution in [-0.4, -0.2) is 40.3 Å². The Bertz CT molecular complexity index is 525. The molecule has 9 heteroatoms. The monoisotopic (exact) mass is 321 g/mol. The second-order valence-electron chi connectivity index (χ2n) is 3.61. The Morgan fingerprint density at radius 2 is 2.18 bits per heavy atom. The van der Waals surface area contributed by atoms with E-state index in [-0.39, 0.29) is 22.2 Å². The van der Waals surface area contributed by atoms with Crippen LogP contribution >= 0.6 is 15.9 Å². The third kappa shape index (κ3) is 2.65. The van der Waals surface area contributed by atoms with Crippen LogP contribution in [0.3, 0.4) is 0 Å².